The molecule has 0 spiro atoms. The molecule has 0 aromatic heterocycles. The molecule has 1 saturated heterocycles. The van der Waals surface area contributed by atoms with Crippen LogP contribution in [0.2, 0.25) is 0 Å². The second kappa shape index (κ2) is 7.67. The highest BCUT2D eigenvalue weighted by Gasteiger charge is 2.38. The zero-order chi connectivity index (χ0) is 12.6. The molecule has 0 unspecified atom stereocenters. The van der Waals surface area contributed by atoms with Crippen molar-refractivity contribution in [1.29, 1.82) is 0 Å². The number of carbonyl (C=O) groups is 1. The van der Waals surface area contributed by atoms with Crippen molar-refractivity contribution in [3.8, 4) is 0 Å². The van der Waals surface area contributed by atoms with E-state index in [9.17, 15) is 4.79 Å². The van der Waals surface area contributed by atoms with Crippen molar-refractivity contribution in [3.05, 3.63) is 0 Å². The van der Waals surface area contributed by atoms with Crippen LogP contribution in [0.4, 0.5) is 0 Å². The van der Waals surface area contributed by atoms with Gasteiger partial charge in [-0.15, -0.1) is 0 Å². The summed E-state index contributed by atoms with van der Waals surface area (Å²) < 4.78 is 0. The van der Waals surface area contributed by atoms with E-state index in [2.05, 4.69) is 17.6 Å². The minimum Gasteiger partial charge on any atom is -0.481 e. The zero-order valence-corrected chi connectivity index (χ0v) is 10.9. The van der Waals surface area contributed by atoms with Crippen LogP contribution in [0.3, 0.4) is 0 Å². The van der Waals surface area contributed by atoms with E-state index in [1.165, 1.54) is 32.1 Å². The van der Waals surface area contributed by atoms with Crippen molar-refractivity contribution in [2.24, 2.45) is 0 Å². The highest BCUT2D eigenvalue weighted by molar-refractivity contribution is 5.68. The second-order valence-corrected chi connectivity index (χ2v) is 5.15. The van der Waals surface area contributed by atoms with Gasteiger partial charge in [0.2, 0.25) is 0 Å². The van der Waals surface area contributed by atoms with Gasteiger partial charge >= 0.3 is 5.97 Å². The van der Waals surface area contributed by atoms with Crippen LogP contribution in [-0.2, 0) is 4.79 Å². The van der Waals surface area contributed by atoms with E-state index >= 15 is 0 Å². The van der Waals surface area contributed by atoms with Crippen molar-refractivity contribution in [2.75, 3.05) is 19.6 Å². The predicted molar refractivity (Wildman–Crippen MR) is 69.2 cm³/mol. The van der Waals surface area contributed by atoms with Gasteiger partial charge in [-0.3, -0.25) is 4.79 Å². The summed E-state index contributed by atoms with van der Waals surface area (Å²) in [6.45, 7) is 4.74. The molecule has 0 aromatic carbocycles. The molecule has 1 heterocycles. The molecule has 0 bridgehead atoms. The average molecular weight is 242 g/mol. The van der Waals surface area contributed by atoms with Crippen LogP contribution < -0.4 is 10.6 Å². The van der Waals surface area contributed by atoms with Crippen molar-refractivity contribution in [3.63, 3.8) is 0 Å². The first-order valence-corrected chi connectivity index (χ1v) is 6.86. The summed E-state index contributed by atoms with van der Waals surface area (Å²) in [5.41, 5.74) is -0.171. The van der Waals surface area contributed by atoms with Crippen LogP contribution >= 0.6 is 0 Å². The number of aliphatic carboxylic acids is 1. The number of carboxylic acid groups (broad SMARTS) is 1. The van der Waals surface area contributed by atoms with Gasteiger partial charge in [0.25, 0.3) is 0 Å². The van der Waals surface area contributed by atoms with E-state index in [0.717, 1.165) is 26.1 Å². The fraction of sp³-hybridized carbons (Fsp3) is 0.923. The third kappa shape index (κ3) is 5.50. The molecule has 17 heavy (non-hydrogen) atoms. The fourth-order valence-electron chi connectivity index (χ4n) is 2.29. The topological polar surface area (TPSA) is 61.4 Å². The third-order valence-corrected chi connectivity index (χ3v) is 3.45. The Morgan fingerprint density at radius 1 is 1.24 bits per heavy atom. The number of hydrogen-bond acceptors (Lipinski definition) is 3. The quantitative estimate of drug-likeness (QED) is 0.511. The van der Waals surface area contributed by atoms with Gasteiger partial charge in [-0.05, 0) is 13.0 Å². The van der Waals surface area contributed by atoms with E-state index in [0.29, 0.717) is 0 Å². The number of rotatable bonds is 10. The Morgan fingerprint density at radius 3 is 2.41 bits per heavy atom. The molecule has 1 aliphatic heterocycles. The molecule has 1 aliphatic rings. The zero-order valence-electron chi connectivity index (χ0n) is 10.9. The van der Waals surface area contributed by atoms with E-state index in [1.807, 2.05) is 0 Å². The summed E-state index contributed by atoms with van der Waals surface area (Å²) >= 11 is 0. The molecule has 0 aliphatic carbocycles. The molecule has 0 radical (unpaired) electrons. The summed E-state index contributed by atoms with van der Waals surface area (Å²) in [4.78, 5) is 10.7. The fourth-order valence-corrected chi connectivity index (χ4v) is 2.29. The minimum atomic E-state index is -0.707. The number of nitrogens with one attached hydrogen (secondary N) is 2. The number of carboxylic acids is 1. The van der Waals surface area contributed by atoms with Crippen molar-refractivity contribution >= 4 is 5.97 Å². The summed E-state index contributed by atoms with van der Waals surface area (Å²) in [5.74, 6) is -0.707. The molecule has 0 amide bonds. The lowest BCUT2D eigenvalue weighted by atomic mass is 9.88. The van der Waals surface area contributed by atoms with Crippen LogP contribution in [0, 0.1) is 0 Å². The molecule has 4 nitrogen and oxygen atoms in total. The van der Waals surface area contributed by atoms with Gasteiger partial charge in [0.15, 0.2) is 0 Å². The Bertz CT molecular complexity index is 227. The first kappa shape index (κ1) is 14.5. The number of unbranched alkanes of at least 4 members (excludes halogenated alkanes) is 5. The highest BCUT2D eigenvalue weighted by atomic mass is 16.4. The summed E-state index contributed by atoms with van der Waals surface area (Å²) in [6.07, 6.45) is 7.90. The molecule has 0 saturated carbocycles. The molecule has 100 valence electrons. The Labute approximate surface area is 104 Å². The molecule has 3 N–H and O–H groups in total. The summed E-state index contributed by atoms with van der Waals surface area (Å²) in [6, 6.07) is 0. The monoisotopic (exact) mass is 242 g/mol. The molecule has 1 rings (SSSR count). The molecular formula is C13H26N2O2. The summed E-state index contributed by atoms with van der Waals surface area (Å²) in [5, 5.41) is 15.4. The first-order chi connectivity index (χ1) is 8.18. The lowest BCUT2D eigenvalue weighted by Gasteiger charge is -2.42. The number of hydrogen-bond donors (Lipinski definition) is 3. The smallest absolute Gasteiger partial charge is 0.305 e. The van der Waals surface area contributed by atoms with E-state index in [-0.39, 0.29) is 12.0 Å². The molecule has 0 atom stereocenters. The van der Waals surface area contributed by atoms with Crippen LogP contribution in [0.1, 0.15) is 51.9 Å². The maximum atomic E-state index is 10.7. The van der Waals surface area contributed by atoms with Gasteiger partial charge in [-0.2, -0.15) is 0 Å². The molecule has 1 fully saturated rings. The highest BCUT2D eigenvalue weighted by Crippen LogP contribution is 2.16. The van der Waals surface area contributed by atoms with E-state index < -0.39 is 5.97 Å². The van der Waals surface area contributed by atoms with E-state index in [1.54, 1.807) is 0 Å². The van der Waals surface area contributed by atoms with Crippen molar-refractivity contribution < 1.29 is 9.90 Å². The third-order valence-electron chi connectivity index (χ3n) is 3.45. The maximum Gasteiger partial charge on any atom is 0.305 e. The Morgan fingerprint density at radius 2 is 1.88 bits per heavy atom. The largest absolute Gasteiger partial charge is 0.481 e. The molecule has 0 aromatic rings. The minimum absolute atomic E-state index is 0.171. The van der Waals surface area contributed by atoms with E-state index in [4.69, 9.17) is 5.11 Å². The first-order valence-electron chi connectivity index (χ1n) is 6.86. The maximum absolute atomic E-state index is 10.7. The van der Waals surface area contributed by atoms with Crippen molar-refractivity contribution in [1.82, 2.24) is 10.6 Å². The normalized spacial score (nSPS) is 17.7. The summed E-state index contributed by atoms with van der Waals surface area (Å²) in [7, 11) is 0. The lowest BCUT2D eigenvalue weighted by Crippen LogP contribution is -2.68. The Kier molecular flexibility index (Phi) is 6.52. The van der Waals surface area contributed by atoms with Gasteiger partial charge in [0, 0.05) is 13.1 Å². The van der Waals surface area contributed by atoms with Crippen molar-refractivity contribution in [2.45, 2.75) is 57.4 Å². The van der Waals surface area contributed by atoms with Crippen LogP contribution in [-0.4, -0.2) is 36.2 Å². The van der Waals surface area contributed by atoms with Gasteiger partial charge < -0.3 is 15.7 Å². The van der Waals surface area contributed by atoms with Gasteiger partial charge in [-0.25, -0.2) is 0 Å². The van der Waals surface area contributed by atoms with Crippen LogP contribution in [0.15, 0.2) is 0 Å². The lowest BCUT2D eigenvalue weighted by molar-refractivity contribution is -0.139. The average Bonchev–Trinajstić information content (AvgIpc) is 2.23. The predicted octanol–water partition coefficient (Wildman–Crippen LogP) is 1.75. The Balaban J connectivity index is 2.02. The standard InChI is InChI=1S/C13H26N2O2/c1-2-3-4-5-6-7-8-15-13(9-12(16)17)10-14-11-13/h14-15H,2-11H2,1H3,(H,16,17). The van der Waals surface area contributed by atoms with Gasteiger partial charge in [-0.1, -0.05) is 39.0 Å². The molecule has 4 heteroatoms. The second-order valence-electron chi connectivity index (χ2n) is 5.15. The van der Waals surface area contributed by atoms with Crippen LogP contribution in [0.25, 0.3) is 0 Å². The van der Waals surface area contributed by atoms with Gasteiger partial charge in [0.1, 0.15) is 0 Å². The molecular weight excluding hydrogens is 216 g/mol. The van der Waals surface area contributed by atoms with Crippen LogP contribution in [0.5, 0.6) is 0 Å². The Hall–Kier alpha value is -0.610. The SMILES string of the molecule is CCCCCCCCNC1(CC(=O)O)CNC1. The van der Waals surface area contributed by atoms with Gasteiger partial charge in [0.05, 0.1) is 12.0 Å².